The van der Waals surface area contributed by atoms with E-state index in [1.54, 1.807) is 0 Å². The molecule has 1 aromatic rings. The zero-order valence-corrected chi connectivity index (χ0v) is 12.5. The first-order valence-electron chi connectivity index (χ1n) is 7.80. The molecule has 3 rings (SSSR count). The smallest absolute Gasteiger partial charge is 0.416 e. The molecule has 22 heavy (non-hydrogen) atoms. The van der Waals surface area contributed by atoms with Gasteiger partial charge in [-0.2, -0.15) is 13.2 Å². The SMILES string of the molecule is C[C@]12CC[C@H](c3ccc(O)cc3C(F)(F)F)C[C@H]1CC[C@@H]2O. The van der Waals surface area contributed by atoms with Gasteiger partial charge in [0.1, 0.15) is 5.75 Å². The summed E-state index contributed by atoms with van der Waals surface area (Å²) in [5.41, 5.74) is -0.584. The molecule has 0 heterocycles. The van der Waals surface area contributed by atoms with Crippen molar-refractivity contribution in [3.63, 3.8) is 0 Å². The van der Waals surface area contributed by atoms with E-state index in [-0.39, 0.29) is 34.7 Å². The first kappa shape index (κ1) is 15.7. The van der Waals surface area contributed by atoms with Crippen LogP contribution in [0.2, 0.25) is 0 Å². The third-order valence-corrected chi connectivity index (χ3v) is 5.87. The average Bonchev–Trinajstić information content (AvgIpc) is 2.73. The minimum atomic E-state index is -4.45. The summed E-state index contributed by atoms with van der Waals surface area (Å²) in [4.78, 5) is 0. The van der Waals surface area contributed by atoms with Crippen molar-refractivity contribution >= 4 is 0 Å². The van der Waals surface area contributed by atoms with Crippen LogP contribution in [0.3, 0.4) is 0 Å². The molecule has 0 amide bonds. The van der Waals surface area contributed by atoms with E-state index < -0.39 is 11.7 Å². The third-order valence-electron chi connectivity index (χ3n) is 5.87. The summed E-state index contributed by atoms with van der Waals surface area (Å²) in [7, 11) is 0. The van der Waals surface area contributed by atoms with Gasteiger partial charge in [-0.3, -0.25) is 0 Å². The van der Waals surface area contributed by atoms with Crippen LogP contribution < -0.4 is 0 Å². The van der Waals surface area contributed by atoms with Crippen LogP contribution in [-0.2, 0) is 6.18 Å². The number of fused-ring (bicyclic) bond motifs is 1. The van der Waals surface area contributed by atoms with Crippen LogP contribution in [0.15, 0.2) is 18.2 Å². The fourth-order valence-corrected chi connectivity index (χ4v) is 4.42. The molecule has 2 N–H and O–H groups in total. The Morgan fingerprint density at radius 3 is 2.59 bits per heavy atom. The minimum absolute atomic E-state index is 0.147. The van der Waals surface area contributed by atoms with Crippen LogP contribution in [0.25, 0.3) is 0 Å². The largest absolute Gasteiger partial charge is 0.508 e. The van der Waals surface area contributed by atoms with E-state index in [0.717, 1.165) is 25.3 Å². The molecule has 2 fully saturated rings. The van der Waals surface area contributed by atoms with Gasteiger partial charge in [-0.05, 0) is 67.1 Å². The highest BCUT2D eigenvalue weighted by atomic mass is 19.4. The van der Waals surface area contributed by atoms with Gasteiger partial charge in [0.2, 0.25) is 0 Å². The minimum Gasteiger partial charge on any atom is -0.508 e. The molecular formula is C17H21F3O2. The van der Waals surface area contributed by atoms with Crippen molar-refractivity contribution in [1.29, 1.82) is 0 Å². The lowest BCUT2D eigenvalue weighted by atomic mass is 9.63. The van der Waals surface area contributed by atoms with Gasteiger partial charge in [-0.15, -0.1) is 0 Å². The van der Waals surface area contributed by atoms with Gasteiger partial charge in [0.25, 0.3) is 0 Å². The first-order valence-corrected chi connectivity index (χ1v) is 7.80. The number of aliphatic hydroxyl groups is 1. The maximum absolute atomic E-state index is 13.2. The summed E-state index contributed by atoms with van der Waals surface area (Å²) in [6.07, 6.45) is -1.07. The molecule has 0 spiro atoms. The van der Waals surface area contributed by atoms with Gasteiger partial charge in [-0.25, -0.2) is 0 Å². The number of alkyl halides is 3. The first-order chi connectivity index (χ1) is 10.2. The molecule has 0 bridgehead atoms. The van der Waals surface area contributed by atoms with Crippen LogP contribution >= 0.6 is 0 Å². The Labute approximate surface area is 128 Å². The lowest BCUT2D eigenvalue weighted by Crippen LogP contribution is -2.37. The standard InChI is InChI=1S/C17H21F3O2/c1-16-7-6-10(8-11(16)2-5-15(16)22)13-4-3-12(21)9-14(13)17(18,19)20/h3-4,9-11,15,21-22H,2,5-8H2,1H3/t10-,11+,15-,16-/m0/s1. The Hall–Kier alpha value is -1.23. The Morgan fingerprint density at radius 1 is 1.18 bits per heavy atom. The van der Waals surface area contributed by atoms with Crippen LogP contribution in [0.4, 0.5) is 13.2 Å². The van der Waals surface area contributed by atoms with Crippen molar-refractivity contribution < 1.29 is 23.4 Å². The van der Waals surface area contributed by atoms with E-state index in [2.05, 4.69) is 6.92 Å². The summed E-state index contributed by atoms with van der Waals surface area (Å²) in [5, 5.41) is 19.5. The second-order valence-corrected chi connectivity index (χ2v) is 7.04. The Morgan fingerprint density at radius 2 is 1.91 bits per heavy atom. The van der Waals surface area contributed by atoms with E-state index >= 15 is 0 Å². The van der Waals surface area contributed by atoms with Gasteiger partial charge < -0.3 is 10.2 Å². The predicted molar refractivity (Wildman–Crippen MR) is 76.5 cm³/mol. The molecule has 4 atom stereocenters. The summed E-state index contributed by atoms with van der Waals surface area (Å²) >= 11 is 0. The maximum atomic E-state index is 13.2. The molecule has 0 aromatic heterocycles. The Balaban J connectivity index is 1.91. The van der Waals surface area contributed by atoms with Crippen LogP contribution in [0.5, 0.6) is 5.75 Å². The van der Waals surface area contributed by atoms with Crippen molar-refractivity contribution in [2.24, 2.45) is 11.3 Å². The van der Waals surface area contributed by atoms with Crippen LogP contribution in [0.1, 0.15) is 56.1 Å². The van der Waals surface area contributed by atoms with Crippen molar-refractivity contribution in [2.75, 3.05) is 0 Å². The average molecular weight is 314 g/mol. The van der Waals surface area contributed by atoms with Gasteiger partial charge in [0.15, 0.2) is 0 Å². The zero-order chi connectivity index (χ0) is 16.1. The molecule has 1 aromatic carbocycles. The maximum Gasteiger partial charge on any atom is 0.416 e. The number of halogens is 3. The third kappa shape index (κ3) is 2.49. The topological polar surface area (TPSA) is 40.5 Å². The number of phenolic OH excluding ortho intramolecular Hbond substituents is 1. The fourth-order valence-electron chi connectivity index (χ4n) is 4.42. The van der Waals surface area contributed by atoms with Gasteiger partial charge >= 0.3 is 6.18 Å². The molecule has 0 saturated heterocycles. The highest BCUT2D eigenvalue weighted by Crippen LogP contribution is 2.56. The van der Waals surface area contributed by atoms with E-state index in [1.165, 1.54) is 12.1 Å². The molecule has 122 valence electrons. The van der Waals surface area contributed by atoms with E-state index in [4.69, 9.17) is 0 Å². The highest BCUT2D eigenvalue weighted by Gasteiger charge is 2.49. The van der Waals surface area contributed by atoms with Crippen LogP contribution in [-0.4, -0.2) is 16.3 Å². The normalized spacial score (nSPS) is 35.4. The van der Waals surface area contributed by atoms with Gasteiger partial charge in [0.05, 0.1) is 11.7 Å². The molecule has 0 radical (unpaired) electrons. The zero-order valence-electron chi connectivity index (χ0n) is 12.5. The van der Waals surface area contributed by atoms with Gasteiger partial charge in [0, 0.05) is 0 Å². The molecule has 2 aliphatic rings. The number of benzene rings is 1. The van der Waals surface area contributed by atoms with Crippen molar-refractivity contribution in [1.82, 2.24) is 0 Å². The summed E-state index contributed by atoms with van der Waals surface area (Å²) in [6.45, 7) is 2.06. The number of phenols is 1. The molecule has 2 aliphatic carbocycles. The lowest BCUT2D eigenvalue weighted by Gasteiger charge is -2.42. The van der Waals surface area contributed by atoms with Crippen LogP contribution in [0, 0.1) is 11.3 Å². The quantitative estimate of drug-likeness (QED) is 0.803. The van der Waals surface area contributed by atoms with E-state index in [1.807, 2.05) is 0 Å². The summed E-state index contributed by atoms with van der Waals surface area (Å²) in [5.74, 6) is -0.232. The Bertz CT molecular complexity index is 570. The second kappa shape index (κ2) is 5.15. The summed E-state index contributed by atoms with van der Waals surface area (Å²) < 4.78 is 39.7. The number of hydrogen-bond donors (Lipinski definition) is 2. The van der Waals surface area contributed by atoms with Gasteiger partial charge in [-0.1, -0.05) is 13.0 Å². The Kier molecular flexibility index (Phi) is 3.67. The van der Waals surface area contributed by atoms with Crippen molar-refractivity contribution in [2.45, 2.75) is 57.2 Å². The fraction of sp³-hybridized carbons (Fsp3) is 0.647. The molecule has 0 unspecified atom stereocenters. The van der Waals surface area contributed by atoms with Crippen molar-refractivity contribution in [3.05, 3.63) is 29.3 Å². The highest BCUT2D eigenvalue weighted by molar-refractivity contribution is 5.39. The molecule has 2 saturated carbocycles. The lowest BCUT2D eigenvalue weighted by molar-refractivity contribution is -0.138. The molecule has 0 aliphatic heterocycles. The molecular weight excluding hydrogens is 293 g/mol. The number of hydrogen-bond acceptors (Lipinski definition) is 2. The number of rotatable bonds is 1. The second-order valence-electron chi connectivity index (χ2n) is 7.04. The summed E-state index contributed by atoms with van der Waals surface area (Å²) in [6, 6.07) is 3.57. The monoisotopic (exact) mass is 314 g/mol. The predicted octanol–water partition coefficient (Wildman–Crippen LogP) is 4.46. The van der Waals surface area contributed by atoms with E-state index in [0.29, 0.717) is 12.8 Å². The molecule has 5 heteroatoms. The van der Waals surface area contributed by atoms with Crippen molar-refractivity contribution in [3.8, 4) is 5.75 Å². The number of aromatic hydroxyl groups is 1. The molecule has 2 nitrogen and oxygen atoms in total. The number of aliphatic hydroxyl groups excluding tert-OH is 1. The van der Waals surface area contributed by atoms with E-state index in [9.17, 15) is 23.4 Å².